The molecule has 1 amide bonds. The Hall–Kier alpha value is -3.14. The van der Waals surface area contributed by atoms with Gasteiger partial charge >= 0.3 is 6.09 Å². The van der Waals surface area contributed by atoms with Crippen LogP contribution in [0.5, 0.6) is 17.5 Å². The molecular weight excluding hydrogens is 395 g/mol. The normalized spacial score (nSPS) is 17.6. The lowest BCUT2D eigenvalue weighted by Crippen LogP contribution is -2.41. The number of anilines is 1. The summed E-state index contributed by atoms with van der Waals surface area (Å²) in [5.41, 5.74) is 0.780. The number of hydrogen-bond acceptors (Lipinski definition) is 7. The SMILES string of the molecule is O=C(O)N1CCC(Oc2cc(Oc3ccc(N4CCOCC4)cc3F)ncn2)CC1. The van der Waals surface area contributed by atoms with Crippen molar-refractivity contribution in [3.63, 3.8) is 0 Å². The maximum atomic E-state index is 14.6. The van der Waals surface area contributed by atoms with Crippen LogP contribution in [0.3, 0.4) is 0 Å². The number of nitrogens with zero attached hydrogens (tertiary/aromatic N) is 4. The van der Waals surface area contributed by atoms with E-state index in [4.69, 9.17) is 19.3 Å². The second-order valence-corrected chi connectivity index (χ2v) is 7.10. The third-order valence-electron chi connectivity index (χ3n) is 5.12. The van der Waals surface area contributed by atoms with Crippen molar-refractivity contribution in [1.29, 1.82) is 0 Å². The fraction of sp³-hybridized carbons (Fsp3) is 0.450. The lowest BCUT2D eigenvalue weighted by Gasteiger charge is -2.29. The van der Waals surface area contributed by atoms with E-state index in [-0.39, 0.29) is 17.7 Å². The van der Waals surface area contributed by atoms with E-state index in [9.17, 15) is 9.18 Å². The molecule has 1 aromatic carbocycles. The number of benzene rings is 1. The van der Waals surface area contributed by atoms with Crippen molar-refractivity contribution in [2.45, 2.75) is 18.9 Å². The van der Waals surface area contributed by atoms with Crippen molar-refractivity contribution >= 4 is 11.8 Å². The number of likely N-dealkylation sites (tertiary alicyclic amines) is 1. The molecule has 160 valence electrons. The van der Waals surface area contributed by atoms with Crippen LogP contribution in [0.25, 0.3) is 0 Å². The van der Waals surface area contributed by atoms with Crippen LogP contribution in [0, 0.1) is 5.82 Å². The van der Waals surface area contributed by atoms with Crippen molar-refractivity contribution in [1.82, 2.24) is 14.9 Å². The van der Waals surface area contributed by atoms with Gasteiger partial charge in [-0.15, -0.1) is 0 Å². The minimum absolute atomic E-state index is 0.0615. The van der Waals surface area contributed by atoms with Crippen LogP contribution in [0.2, 0.25) is 0 Å². The van der Waals surface area contributed by atoms with Crippen LogP contribution >= 0.6 is 0 Å². The number of halogens is 1. The molecule has 2 saturated heterocycles. The molecule has 2 aromatic rings. The van der Waals surface area contributed by atoms with Crippen molar-refractivity contribution in [2.75, 3.05) is 44.3 Å². The van der Waals surface area contributed by atoms with Gasteiger partial charge in [-0.1, -0.05) is 0 Å². The lowest BCUT2D eigenvalue weighted by atomic mass is 10.1. The molecule has 0 bridgehead atoms. The first-order chi connectivity index (χ1) is 14.6. The van der Waals surface area contributed by atoms with E-state index in [1.165, 1.54) is 23.4 Å². The van der Waals surface area contributed by atoms with Crippen LogP contribution in [0.1, 0.15) is 12.8 Å². The summed E-state index contributed by atoms with van der Waals surface area (Å²) >= 11 is 0. The summed E-state index contributed by atoms with van der Waals surface area (Å²) in [6.07, 6.45) is 1.37. The van der Waals surface area contributed by atoms with Gasteiger partial charge in [0.25, 0.3) is 0 Å². The first kappa shape index (κ1) is 20.1. The lowest BCUT2D eigenvalue weighted by molar-refractivity contribution is 0.0869. The first-order valence-electron chi connectivity index (χ1n) is 9.85. The van der Waals surface area contributed by atoms with Gasteiger partial charge in [0.1, 0.15) is 12.4 Å². The number of hydrogen-bond donors (Lipinski definition) is 1. The second-order valence-electron chi connectivity index (χ2n) is 7.10. The molecule has 0 radical (unpaired) electrons. The van der Waals surface area contributed by atoms with E-state index in [0.717, 1.165) is 18.8 Å². The molecule has 2 fully saturated rings. The van der Waals surface area contributed by atoms with Gasteiger partial charge in [-0.25, -0.2) is 19.2 Å². The largest absolute Gasteiger partial charge is 0.474 e. The Morgan fingerprint density at radius 2 is 1.83 bits per heavy atom. The molecule has 2 aliphatic heterocycles. The standard InChI is InChI=1S/C20H23FN4O5/c21-16-11-14(24-7-9-28-10-8-24)1-2-17(16)30-19-12-18(22-13-23-19)29-15-3-5-25(6-4-15)20(26)27/h1-2,11-13,15H,3-10H2,(H,26,27). The number of piperidine rings is 1. The zero-order chi connectivity index (χ0) is 20.9. The Kier molecular flexibility index (Phi) is 6.12. The van der Waals surface area contributed by atoms with E-state index < -0.39 is 11.9 Å². The molecule has 0 aliphatic carbocycles. The average Bonchev–Trinajstić information content (AvgIpc) is 2.76. The summed E-state index contributed by atoms with van der Waals surface area (Å²) in [7, 11) is 0. The molecule has 2 aliphatic rings. The predicted octanol–water partition coefficient (Wildman–Crippen LogP) is 2.77. The number of carboxylic acid groups (broad SMARTS) is 1. The van der Waals surface area contributed by atoms with Crippen LogP contribution in [-0.4, -0.2) is 71.6 Å². The molecular formula is C20H23FN4O5. The maximum Gasteiger partial charge on any atom is 0.407 e. The third-order valence-corrected chi connectivity index (χ3v) is 5.12. The molecule has 9 nitrogen and oxygen atoms in total. The number of rotatable bonds is 5. The molecule has 0 atom stereocenters. The van der Waals surface area contributed by atoms with E-state index in [0.29, 0.717) is 45.0 Å². The van der Waals surface area contributed by atoms with Gasteiger partial charge in [-0.2, -0.15) is 0 Å². The Morgan fingerprint density at radius 3 is 2.53 bits per heavy atom. The zero-order valence-corrected chi connectivity index (χ0v) is 16.4. The first-order valence-corrected chi connectivity index (χ1v) is 9.85. The molecule has 3 heterocycles. The van der Waals surface area contributed by atoms with Crippen LogP contribution in [-0.2, 0) is 4.74 Å². The van der Waals surface area contributed by atoms with E-state index >= 15 is 0 Å². The Morgan fingerprint density at radius 1 is 1.10 bits per heavy atom. The van der Waals surface area contributed by atoms with Gasteiger partial charge < -0.3 is 29.1 Å². The van der Waals surface area contributed by atoms with Gasteiger partial charge in [0.2, 0.25) is 11.8 Å². The molecule has 0 spiro atoms. The van der Waals surface area contributed by atoms with Crippen molar-refractivity contribution in [3.8, 4) is 17.5 Å². The highest BCUT2D eigenvalue weighted by atomic mass is 19.1. The quantitative estimate of drug-likeness (QED) is 0.792. The summed E-state index contributed by atoms with van der Waals surface area (Å²) in [5, 5.41) is 9.01. The highest BCUT2D eigenvalue weighted by molar-refractivity contribution is 5.65. The highest BCUT2D eigenvalue weighted by Gasteiger charge is 2.24. The van der Waals surface area contributed by atoms with Crippen LogP contribution < -0.4 is 14.4 Å². The van der Waals surface area contributed by atoms with Crippen LogP contribution in [0.4, 0.5) is 14.9 Å². The maximum absolute atomic E-state index is 14.6. The molecule has 30 heavy (non-hydrogen) atoms. The number of aromatic nitrogens is 2. The fourth-order valence-corrected chi connectivity index (χ4v) is 3.48. The molecule has 1 aromatic heterocycles. The van der Waals surface area contributed by atoms with Crippen LogP contribution in [0.15, 0.2) is 30.6 Å². The topological polar surface area (TPSA) is 97.2 Å². The van der Waals surface area contributed by atoms with Gasteiger partial charge in [-0.05, 0) is 12.1 Å². The number of carbonyl (C=O) groups is 1. The van der Waals surface area contributed by atoms with Gasteiger partial charge in [0.05, 0.1) is 19.3 Å². The van der Waals surface area contributed by atoms with Gasteiger partial charge in [-0.3, -0.25) is 0 Å². The fourth-order valence-electron chi connectivity index (χ4n) is 3.48. The van der Waals surface area contributed by atoms with Crippen molar-refractivity contribution < 1.29 is 28.5 Å². The Bertz CT molecular complexity index is 885. The molecule has 4 rings (SSSR count). The molecule has 0 unspecified atom stereocenters. The highest BCUT2D eigenvalue weighted by Crippen LogP contribution is 2.29. The number of amides is 1. The Balaban J connectivity index is 1.38. The van der Waals surface area contributed by atoms with E-state index in [2.05, 4.69) is 14.9 Å². The zero-order valence-electron chi connectivity index (χ0n) is 16.4. The Labute approximate surface area is 173 Å². The van der Waals surface area contributed by atoms with Gasteiger partial charge in [0, 0.05) is 50.8 Å². The van der Waals surface area contributed by atoms with Crippen molar-refractivity contribution in [3.05, 3.63) is 36.4 Å². The molecule has 10 heteroatoms. The van der Waals surface area contributed by atoms with E-state index in [1.807, 2.05) is 0 Å². The third kappa shape index (κ3) is 4.88. The number of morpholine rings is 1. The summed E-state index contributed by atoms with van der Waals surface area (Å²) in [4.78, 5) is 22.5. The monoisotopic (exact) mass is 418 g/mol. The smallest absolute Gasteiger partial charge is 0.407 e. The number of ether oxygens (including phenoxy) is 3. The summed E-state index contributed by atoms with van der Waals surface area (Å²) in [6.45, 7) is 3.51. The average molecular weight is 418 g/mol. The van der Waals surface area contributed by atoms with Gasteiger partial charge in [0.15, 0.2) is 11.6 Å². The van der Waals surface area contributed by atoms with E-state index in [1.54, 1.807) is 12.1 Å². The van der Waals surface area contributed by atoms with Crippen molar-refractivity contribution in [2.24, 2.45) is 0 Å². The summed E-state index contributed by atoms with van der Waals surface area (Å²) in [6, 6.07) is 6.32. The molecule has 1 N–H and O–H groups in total. The second kappa shape index (κ2) is 9.12. The molecule has 0 saturated carbocycles. The summed E-state index contributed by atoms with van der Waals surface area (Å²) < 4.78 is 31.3. The minimum Gasteiger partial charge on any atom is -0.474 e. The predicted molar refractivity (Wildman–Crippen MR) is 105 cm³/mol. The summed E-state index contributed by atoms with van der Waals surface area (Å²) in [5.74, 6) is 0.0488. The minimum atomic E-state index is -0.923.